The Hall–Kier alpha value is -0.830. The van der Waals surface area contributed by atoms with Crippen molar-refractivity contribution in [2.24, 2.45) is 0 Å². The summed E-state index contributed by atoms with van der Waals surface area (Å²) in [7, 11) is 0. The lowest BCUT2D eigenvalue weighted by Crippen LogP contribution is -2.07. The monoisotopic (exact) mass is 168 g/mol. The smallest absolute Gasteiger partial charge is 0.247 e. The van der Waals surface area contributed by atoms with E-state index in [-0.39, 0.29) is 5.91 Å². The van der Waals surface area contributed by atoms with E-state index in [1.807, 2.05) is 24.4 Å². The van der Waals surface area contributed by atoms with Gasteiger partial charge in [0, 0.05) is 6.42 Å². The summed E-state index contributed by atoms with van der Waals surface area (Å²) in [6, 6.07) is 3.74. The first-order valence-electron chi connectivity index (χ1n) is 3.61. The van der Waals surface area contributed by atoms with Gasteiger partial charge in [0.15, 0.2) is 0 Å². The standard InChI is InChI=1S/C8H10NOS/c1-2-4-7(10)9-8-5-3-6-11-8/h3,5-6H,2,4H2,1H3. The molecule has 0 bridgehead atoms. The molecule has 11 heavy (non-hydrogen) atoms. The highest BCUT2D eigenvalue weighted by Gasteiger charge is 2.02. The lowest BCUT2D eigenvalue weighted by molar-refractivity contribution is -0.120. The molecule has 0 unspecified atom stereocenters. The number of nitrogens with zero attached hydrogens (tertiary/aromatic N) is 1. The minimum Gasteiger partial charge on any atom is -0.273 e. The number of hydrogen-bond donors (Lipinski definition) is 0. The van der Waals surface area contributed by atoms with Crippen LogP contribution in [0.1, 0.15) is 19.8 Å². The number of carbonyl (C=O) groups excluding carboxylic acids is 1. The van der Waals surface area contributed by atoms with Crippen molar-refractivity contribution in [3.05, 3.63) is 17.5 Å². The van der Waals surface area contributed by atoms with Crippen LogP contribution in [0.15, 0.2) is 17.5 Å². The Morgan fingerprint density at radius 1 is 1.73 bits per heavy atom. The third-order valence-electron chi connectivity index (χ3n) is 1.20. The maximum atomic E-state index is 11.0. The summed E-state index contributed by atoms with van der Waals surface area (Å²) in [6.45, 7) is 1.97. The van der Waals surface area contributed by atoms with Gasteiger partial charge in [-0.15, -0.1) is 11.3 Å². The van der Waals surface area contributed by atoms with Gasteiger partial charge in [-0.1, -0.05) is 6.92 Å². The zero-order valence-electron chi connectivity index (χ0n) is 6.41. The Labute approximate surface area is 70.2 Å². The lowest BCUT2D eigenvalue weighted by atomic mass is 10.3. The molecule has 0 N–H and O–H groups in total. The highest BCUT2D eigenvalue weighted by Crippen LogP contribution is 2.15. The SMILES string of the molecule is CCCC(=O)[N]c1cccs1. The highest BCUT2D eigenvalue weighted by molar-refractivity contribution is 7.13. The van der Waals surface area contributed by atoms with Crippen LogP contribution in [0.4, 0.5) is 5.00 Å². The van der Waals surface area contributed by atoms with Gasteiger partial charge in [-0.05, 0) is 23.9 Å². The third kappa shape index (κ3) is 2.72. The summed E-state index contributed by atoms with van der Waals surface area (Å²) in [5.41, 5.74) is 0. The van der Waals surface area contributed by atoms with Crippen molar-refractivity contribution >= 4 is 22.2 Å². The fourth-order valence-electron chi connectivity index (χ4n) is 0.726. The van der Waals surface area contributed by atoms with Crippen LogP contribution in [0, 0.1) is 0 Å². The Morgan fingerprint density at radius 3 is 3.09 bits per heavy atom. The topological polar surface area (TPSA) is 31.2 Å². The van der Waals surface area contributed by atoms with E-state index in [0.717, 1.165) is 11.4 Å². The Kier molecular flexibility index (Phi) is 3.11. The minimum atomic E-state index is -0.0186. The quantitative estimate of drug-likeness (QED) is 0.681. The van der Waals surface area contributed by atoms with Gasteiger partial charge in [0.1, 0.15) is 5.00 Å². The van der Waals surface area contributed by atoms with Gasteiger partial charge in [0.2, 0.25) is 5.91 Å². The van der Waals surface area contributed by atoms with E-state index >= 15 is 0 Å². The van der Waals surface area contributed by atoms with Crippen LogP contribution in [-0.4, -0.2) is 5.91 Å². The first-order valence-corrected chi connectivity index (χ1v) is 4.49. The Bertz CT molecular complexity index is 218. The molecule has 0 aliphatic carbocycles. The van der Waals surface area contributed by atoms with Gasteiger partial charge < -0.3 is 0 Å². The van der Waals surface area contributed by atoms with Gasteiger partial charge in [0.05, 0.1) is 0 Å². The molecule has 1 rings (SSSR count). The predicted molar refractivity (Wildman–Crippen MR) is 46.0 cm³/mol. The summed E-state index contributed by atoms with van der Waals surface area (Å²) >= 11 is 1.49. The lowest BCUT2D eigenvalue weighted by Gasteiger charge is -1.94. The first-order chi connectivity index (χ1) is 5.33. The van der Waals surface area contributed by atoms with Gasteiger partial charge in [-0.25, -0.2) is 5.32 Å². The second kappa shape index (κ2) is 4.13. The van der Waals surface area contributed by atoms with Crippen LogP contribution in [0.3, 0.4) is 0 Å². The van der Waals surface area contributed by atoms with E-state index < -0.39 is 0 Å². The molecule has 0 aliphatic rings. The van der Waals surface area contributed by atoms with Crippen LogP contribution in [0.25, 0.3) is 0 Å². The fraction of sp³-hybridized carbons (Fsp3) is 0.375. The maximum Gasteiger partial charge on any atom is 0.247 e. The molecule has 1 radical (unpaired) electrons. The third-order valence-corrected chi connectivity index (χ3v) is 1.97. The van der Waals surface area contributed by atoms with Crippen molar-refractivity contribution in [1.29, 1.82) is 0 Å². The van der Waals surface area contributed by atoms with E-state index in [1.54, 1.807) is 0 Å². The maximum absolute atomic E-state index is 11.0. The van der Waals surface area contributed by atoms with Crippen molar-refractivity contribution in [2.45, 2.75) is 19.8 Å². The van der Waals surface area contributed by atoms with Crippen LogP contribution in [-0.2, 0) is 4.79 Å². The second-order valence-corrected chi connectivity index (χ2v) is 3.13. The molecule has 1 amide bonds. The number of amides is 1. The number of carbonyl (C=O) groups is 1. The number of rotatable bonds is 3. The van der Waals surface area contributed by atoms with E-state index in [9.17, 15) is 4.79 Å². The van der Waals surface area contributed by atoms with E-state index in [1.165, 1.54) is 11.3 Å². The largest absolute Gasteiger partial charge is 0.273 e. The average Bonchev–Trinajstić information content (AvgIpc) is 2.40. The zero-order chi connectivity index (χ0) is 8.10. The molecule has 0 aliphatic heterocycles. The molecule has 1 aromatic rings. The second-order valence-electron chi connectivity index (χ2n) is 2.21. The van der Waals surface area contributed by atoms with Crippen molar-refractivity contribution in [3.8, 4) is 0 Å². The molecule has 0 saturated carbocycles. The predicted octanol–water partition coefficient (Wildman–Crippen LogP) is 2.31. The molecule has 0 fully saturated rings. The number of thiophene rings is 1. The molecule has 59 valence electrons. The summed E-state index contributed by atoms with van der Waals surface area (Å²) in [4.78, 5) is 11.0. The molecular weight excluding hydrogens is 158 g/mol. The molecule has 1 heterocycles. The first kappa shape index (κ1) is 8.27. The highest BCUT2D eigenvalue weighted by atomic mass is 32.1. The summed E-state index contributed by atoms with van der Waals surface area (Å²) < 4.78 is 0. The van der Waals surface area contributed by atoms with Crippen molar-refractivity contribution < 1.29 is 4.79 Å². The van der Waals surface area contributed by atoms with Gasteiger partial charge in [-0.2, -0.15) is 0 Å². The summed E-state index contributed by atoms with van der Waals surface area (Å²) in [5, 5.41) is 6.61. The molecule has 1 aromatic heterocycles. The molecule has 0 aromatic carbocycles. The molecular formula is C8H10NOS. The minimum absolute atomic E-state index is 0.0186. The van der Waals surface area contributed by atoms with E-state index in [0.29, 0.717) is 6.42 Å². The van der Waals surface area contributed by atoms with Crippen LogP contribution in [0.2, 0.25) is 0 Å². The summed E-state index contributed by atoms with van der Waals surface area (Å²) in [6.07, 6.45) is 1.42. The van der Waals surface area contributed by atoms with Gasteiger partial charge in [-0.3, -0.25) is 4.79 Å². The van der Waals surface area contributed by atoms with Gasteiger partial charge in [0.25, 0.3) is 0 Å². The molecule has 0 spiro atoms. The van der Waals surface area contributed by atoms with Crippen LogP contribution in [0.5, 0.6) is 0 Å². The van der Waals surface area contributed by atoms with Crippen molar-refractivity contribution in [1.82, 2.24) is 5.32 Å². The van der Waals surface area contributed by atoms with E-state index in [2.05, 4.69) is 5.32 Å². The summed E-state index contributed by atoms with van der Waals surface area (Å²) in [5.74, 6) is -0.0186. The fourth-order valence-corrected chi connectivity index (χ4v) is 1.33. The molecule has 0 atom stereocenters. The average molecular weight is 168 g/mol. The van der Waals surface area contributed by atoms with Crippen molar-refractivity contribution in [3.63, 3.8) is 0 Å². The number of hydrogen-bond acceptors (Lipinski definition) is 2. The van der Waals surface area contributed by atoms with Crippen LogP contribution >= 0.6 is 11.3 Å². The zero-order valence-corrected chi connectivity index (χ0v) is 7.23. The van der Waals surface area contributed by atoms with Gasteiger partial charge >= 0.3 is 0 Å². The normalized spacial score (nSPS) is 9.55. The molecule has 3 heteroatoms. The Morgan fingerprint density at radius 2 is 2.55 bits per heavy atom. The molecule has 2 nitrogen and oxygen atoms in total. The molecule has 0 saturated heterocycles. The van der Waals surface area contributed by atoms with E-state index in [4.69, 9.17) is 0 Å². The Balaban J connectivity index is 2.37. The van der Waals surface area contributed by atoms with Crippen molar-refractivity contribution in [2.75, 3.05) is 0 Å². The van der Waals surface area contributed by atoms with Crippen LogP contribution < -0.4 is 5.32 Å².